The van der Waals surface area contributed by atoms with Crippen molar-refractivity contribution in [2.24, 2.45) is 0 Å². The van der Waals surface area contributed by atoms with E-state index in [-0.39, 0.29) is 5.75 Å². The highest BCUT2D eigenvalue weighted by Gasteiger charge is 2.07. The number of hydrogen-bond donors (Lipinski definition) is 1. The summed E-state index contributed by atoms with van der Waals surface area (Å²) in [4.78, 5) is 4.47. The Kier molecular flexibility index (Phi) is 2.75. The first-order valence-corrected chi connectivity index (χ1v) is 6.42. The summed E-state index contributed by atoms with van der Waals surface area (Å²) in [6.07, 6.45) is 3.81. The van der Waals surface area contributed by atoms with Gasteiger partial charge in [-0.3, -0.25) is 0 Å². The number of rotatable bonds is 2. The second-order valence-electron chi connectivity index (χ2n) is 5.03. The molecule has 1 N–H and O–H groups in total. The Bertz CT molecular complexity index is 711. The van der Waals surface area contributed by atoms with Crippen LogP contribution in [-0.4, -0.2) is 14.5 Å². The zero-order valence-corrected chi connectivity index (χ0v) is 11.0. The lowest BCUT2D eigenvalue weighted by Crippen LogP contribution is -1.86. The van der Waals surface area contributed by atoms with E-state index in [0.29, 0.717) is 11.6 Å². The van der Waals surface area contributed by atoms with Crippen LogP contribution in [0.4, 0.5) is 0 Å². The van der Waals surface area contributed by atoms with Gasteiger partial charge in [0, 0.05) is 18.0 Å². The lowest BCUT2D eigenvalue weighted by Gasteiger charge is -2.05. The molecule has 0 atom stereocenters. The van der Waals surface area contributed by atoms with E-state index >= 15 is 0 Å². The van der Waals surface area contributed by atoms with Gasteiger partial charge in [0.25, 0.3) is 0 Å². The molecule has 3 rings (SSSR count). The first kappa shape index (κ1) is 11.8. The molecule has 2 heterocycles. The van der Waals surface area contributed by atoms with Gasteiger partial charge in [-0.25, -0.2) is 4.98 Å². The van der Waals surface area contributed by atoms with E-state index in [0.717, 1.165) is 11.3 Å². The molecule has 0 aliphatic heterocycles. The van der Waals surface area contributed by atoms with Crippen LogP contribution in [0.3, 0.4) is 0 Å². The molecular weight excluding hydrogens is 236 g/mol. The Morgan fingerprint density at radius 2 is 1.84 bits per heavy atom. The summed E-state index contributed by atoms with van der Waals surface area (Å²) in [5, 5.41) is 9.77. The smallest absolute Gasteiger partial charge is 0.180 e. The average molecular weight is 252 g/mol. The van der Waals surface area contributed by atoms with Crippen LogP contribution < -0.4 is 0 Å². The van der Waals surface area contributed by atoms with E-state index in [1.54, 1.807) is 12.1 Å². The summed E-state index contributed by atoms with van der Waals surface area (Å²) in [5.74, 6) is 0.728. The van der Waals surface area contributed by atoms with E-state index in [2.05, 4.69) is 43.1 Å². The van der Waals surface area contributed by atoms with Gasteiger partial charge in [0.2, 0.25) is 0 Å². The monoisotopic (exact) mass is 252 g/mol. The van der Waals surface area contributed by atoms with Gasteiger partial charge >= 0.3 is 0 Å². The third kappa shape index (κ3) is 2.08. The number of aromatic hydroxyl groups is 1. The van der Waals surface area contributed by atoms with Gasteiger partial charge < -0.3 is 9.51 Å². The topological polar surface area (TPSA) is 37.5 Å². The highest BCUT2D eigenvalue weighted by Crippen LogP contribution is 2.25. The number of nitrogens with zero attached hydrogens (tertiary/aromatic N) is 2. The van der Waals surface area contributed by atoms with E-state index in [4.69, 9.17) is 0 Å². The summed E-state index contributed by atoms with van der Waals surface area (Å²) in [6.45, 7) is 4.36. The highest BCUT2D eigenvalue weighted by molar-refractivity contribution is 5.65. The van der Waals surface area contributed by atoms with E-state index in [1.807, 2.05) is 16.8 Å². The van der Waals surface area contributed by atoms with Crippen LogP contribution in [0.15, 0.2) is 48.8 Å². The minimum atomic E-state index is 0.201. The van der Waals surface area contributed by atoms with Gasteiger partial charge in [-0.2, -0.15) is 0 Å². The Hall–Kier alpha value is -2.29. The zero-order valence-electron chi connectivity index (χ0n) is 11.0. The first-order valence-electron chi connectivity index (χ1n) is 6.42. The molecule has 3 aromatic rings. The molecule has 0 amide bonds. The van der Waals surface area contributed by atoms with E-state index in [1.165, 1.54) is 5.56 Å². The van der Waals surface area contributed by atoms with Crippen molar-refractivity contribution in [3.8, 4) is 17.0 Å². The average Bonchev–Trinajstić information content (AvgIpc) is 2.84. The van der Waals surface area contributed by atoms with Gasteiger partial charge in [-0.15, -0.1) is 0 Å². The number of pyridine rings is 1. The molecule has 19 heavy (non-hydrogen) atoms. The van der Waals surface area contributed by atoms with Crippen LogP contribution >= 0.6 is 0 Å². The number of imidazole rings is 1. The third-order valence-corrected chi connectivity index (χ3v) is 3.34. The van der Waals surface area contributed by atoms with E-state index < -0.39 is 0 Å². The van der Waals surface area contributed by atoms with Gasteiger partial charge in [0.15, 0.2) is 11.4 Å². The highest BCUT2D eigenvalue weighted by atomic mass is 16.3. The molecule has 3 nitrogen and oxygen atoms in total. The lowest BCUT2D eigenvalue weighted by atomic mass is 10.0. The Labute approximate surface area is 112 Å². The van der Waals surface area contributed by atoms with Crippen molar-refractivity contribution >= 4 is 5.65 Å². The van der Waals surface area contributed by atoms with Crippen LogP contribution in [0.2, 0.25) is 0 Å². The standard InChI is InChI=1S/C16H16N2O/c1-11(2)12-5-7-13(8-6-12)14-10-18-9-3-4-15(19)16(18)17-14/h3-11,19H,1-2H3. The predicted octanol–water partition coefficient (Wildman–Crippen LogP) is 3.83. The van der Waals surface area contributed by atoms with Crippen molar-refractivity contribution in [3.05, 3.63) is 54.4 Å². The molecule has 0 radical (unpaired) electrons. The summed E-state index contributed by atoms with van der Waals surface area (Å²) >= 11 is 0. The largest absolute Gasteiger partial charge is 0.504 e. The quantitative estimate of drug-likeness (QED) is 0.752. The van der Waals surface area contributed by atoms with Gasteiger partial charge in [0.1, 0.15) is 0 Å². The minimum absolute atomic E-state index is 0.201. The van der Waals surface area contributed by atoms with Crippen LogP contribution in [0.25, 0.3) is 16.9 Å². The number of hydrogen-bond acceptors (Lipinski definition) is 2. The fraction of sp³-hybridized carbons (Fsp3) is 0.188. The molecule has 2 aromatic heterocycles. The van der Waals surface area contributed by atoms with Crippen molar-refractivity contribution in [3.63, 3.8) is 0 Å². The summed E-state index contributed by atoms with van der Waals surface area (Å²) in [6, 6.07) is 11.9. The second kappa shape index (κ2) is 4.43. The summed E-state index contributed by atoms with van der Waals surface area (Å²) < 4.78 is 1.83. The molecule has 0 spiro atoms. The number of aromatic nitrogens is 2. The maximum Gasteiger partial charge on any atom is 0.180 e. The van der Waals surface area contributed by atoms with Crippen molar-refractivity contribution in [1.29, 1.82) is 0 Å². The zero-order chi connectivity index (χ0) is 13.4. The molecule has 0 bridgehead atoms. The molecule has 3 heteroatoms. The molecule has 0 aliphatic rings. The van der Waals surface area contributed by atoms with Crippen LogP contribution in [0, 0.1) is 0 Å². The fourth-order valence-corrected chi connectivity index (χ4v) is 2.18. The minimum Gasteiger partial charge on any atom is -0.504 e. The van der Waals surface area contributed by atoms with Crippen LogP contribution in [0.1, 0.15) is 25.3 Å². The molecule has 96 valence electrons. The maximum atomic E-state index is 9.77. The molecule has 0 unspecified atom stereocenters. The predicted molar refractivity (Wildman–Crippen MR) is 76.4 cm³/mol. The third-order valence-electron chi connectivity index (χ3n) is 3.34. The van der Waals surface area contributed by atoms with Crippen molar-refractivity contribution in [1.82, 2.24) is 9.38 Å². The molecular formula is C16H16N2O. The lowest BCUT2D eigenvalue weighted by molar-refractivity contribution is 0.477. The van der Waals surface area contributed by atoms with Crippen molar-refractivity contribution in [2.75, 3.05) is 0 Å². The number of benzene rings is 1. The Balaban J connectivity index is 2.06. The van der Waals surface area contributed by atoms with Crippen LogP contribution in [0.5, 0.6) is 5.75 Å². The van der Waals surface area contributed by atoms with Crippen molar-refractivity contribution < 1.29 is 5.11 Å². The second-order valence-corrected chi connectivity index (χ2v) is 5.03. The first-order chi connectivity index (χ1) is 9.15. The van der Waals surface area contributed by atoms with Gasteiger partial charge in [-0.05, 0) is 23.6 Å². The number of fused-ring (bicyclic) bond motifs is 1. The van der Waals surface area contributed by atoms with E-state index in [9.17, 15) is 5.11 Å². The summed E-state index contributed by atoms with van der Waals surface area (Å²) in [5.41, 5.74) is 3.84. The fourth-order valence-electron chi connectivity index (χ4n) is 2.18. The van der Waals surface area contributed by atoms with Crippen LogP contribution in [-0.2, 0) is 0 Å². The Morgan fingerprint density at radius 1 is 1.11 bits per heavy atom. The molecule has 0 saturated carbocycles. The van der Waals surface area contributed by atoms with Gasteiger partial charge in [-0.1, -0.05) is 38.1 Å². The molecule has 1 aromatic carbocycles. The summed E-state index contributed by atoms with van der Waals surface area (Å²) in [7, 11) is 0. The maximum absolute atomic E-state index is 9.77. The molecule has 0 aliphatic carbocycles. The normalized spacial score (nSPS) is 11.3. The van der Waals surface area contributed by atoms with Crippen molar-refractivity contribution in [2.45, 2.75) is 19.8 Å². The SMILES string of the molecule is CC(C)c1ccc(-c2cn3cccc(O)c3n2)cc1. The van der Waals surface area contributed by atoms with Gasteiger partial charge in [0.05, 0.1) is 5.69 Å². The molecule has 0 fully saturated rings. The Morgan fingerprint density at radius 3 is 2.47 bits per heavy atom. The molecule has 0 saturated heterocycles.